The van der Waals surface area contributed by atoms with Gasteiger partial charge in [0.1, 0.15) is 6.33 Å². The van der Waals surface area contributed by atoms with Gasteiger partial charge in [0.15, 0.2) is 17.4 Å². The molecule has 7 nitrogen and oxygen atoms in total. The number of nitrogens with one attached hydrogen (secondary N) is 1. The Morgan fingerprint density at radius 2 is 2.04 bits per heavy atom. The number of methoxy groups -OCH3 is 1. The number of ketones is 1. The summed E-state index contributed by atoms with van der Waals surface area (Å²) in [5, 5.41) is 1.00. The first-order valence-electron chi connectivity index (χ1n) is 9.17. The number of hydrogen-bond donors (Lipinski definition) is 1. The number of carbonyl (C=O) groups excluding carboxylic acids is 1. The minimum absolute atomic E-state index is 0.187. The lowest BCUT2D eigenvalue weighted by atomic mass is 10.1. The van der Waals surface area contributed by atoms with E-state index < -0.39 is 0 Å². The fraction of sp³-hybridized carbons (Fsp3) is 0.350. The number of carbonyl (C=O) groups is 1. The number of rotatable bonds is 6. The summed E-state index contributed by atoms with van der Waals surface area (Å²) in [6.07, 6.45) is 5.59. The number of para-hydroxylation sites is 1. The highest BCUT2D eigenvalue weighted by molar-refractivity contribution is 6.07. The van der Waals surface area contributed by atoms with Crippen molar-refractivity contribution in [2.75, 3.05) is 44.7 Å². The van der Waals surface area contributed by atoms with Crippen molar-refractivity contribution in [2.24, 2.45) is 0 Å². The number of aromatic nitrogens is 3. The van der Waals surface area contributed by atoms with Crippen molar-refractivity contribution >= 4 is 22.5 Å². The molecular weight excluding hydrogens is 342 g/mol. The van der Waals surface area contributed by atoms with Crippen molar-refractivity contribution in [3.8, 4) is 5.75 Å². The van der Waals surface area contributed by atoms with Crippen LogP contribution in [0.5, 0.6) is 5.75 Å². The highest BCUT2D eigenvalue weighted by Gasteiger charge is 2.21. The number of H-pyrrole nitrogens is 1. The van der Waals surface area contributed by atoms with Gasteiger partial charge in [-0.15, -0.1) is 0 Å². The van der Waals surface area contributed by atoms with E-state index in [9.17, 15) is 4.79 Å². The van der Waals surface area contributed by atoms with Gasteiger partial charge in [-0.2, -0.15) is 0 Å². The molecule has 1 aliphatic heterocycles. The van der Waals surface area contributed by atoms with Crippen molar-refractivity contribution in [1.29, 1.82) is 0 Å². The van der Waals surface area contributed by atoms with E-state index in [4.69, 9.17) is 4.74 Å². The van der Waals surface area contributed by atoms with Gasteiger partial charge in [-0.1, -0.05) is 18.2 Å². The van der Waals surface area contributed by atoms with Crippen LogP contribution >= 0.6 is 0 Å². The topological polar surface area (TPSA) is 74.4 Å². The summed E-state index contributed by atoms with van der Waals surface area (Å²) in [5.74, 6) is 1.72. The van der Waals surface area contributed by atoms with Crippen LogP contribution < -0.4 is 9.64 Å². The third kappa shape index (κ3) is 3.64. The zero-order chi connectivity index (χ0) is 18.6. The molecule has 0 aliphatic carbocycles. The summed E-state index contributed by atoms with van der Waals surface area (Å²) in [4.78, 5) is 28.7. The van der Waals surface area contributed by atoms with Crippen molar-refractivity contribution in [1.82, 2.24) is 19.9 Å². The Morgan fingerprint density at radius 3 is 2.85 bits per heavy atom. The van der Waals surface area contributed by atoms with E-state index in [-0.39, 0.29) is 5.78 Å². The van der Waals surface area contributed by atoms with Crippen LogP contribution in [0.1, 0.15) is 16.8 Å². The van der Waals surface area contributed by atoms with Crippen LogP contribution in [0.3, 0.4) is 0 Å². The van der Waals surface area contributed by atoms with Crippen LogP contribution in [0.2, 0.25) is 0 Å². The lowest BCUT2D eigenvalue weighted by Crippen LogP contribution is -2.47. The molecule has 140 valence electrons. The normalized spacial score (nSPS) is 15.2. The number of piperazine rings is 1. The molecule has 0 spiro atoms. The molecule has 1 aliphatic rings. The fourth-order valence-electron chi connectivity index (χ4n) is 3.57. The number of nitrogens with zero attached hydrogens (tertiary/aromatic N) is 4. The molecule has 1 saturated heterocycles. The summed E-state index contributed by atoms with van der Waals surface area (Å²) in [5.41, 5.74) is 1.79. The predicted molar refractivity (Wildman–Crippen MR) is 104 cm³/mol. The summed E-state index contributed by atoms with van der Waals surface area (Å²) in [7, 11) is 1.63. The molecular formula is C20H23N5O2. The van der Waals surface area contributed by atoms with Gasteiger partial charge in [-0.25, -0.2) is 9.97 Å². The molecule has 1 fully saturated rings. The van der Waals surface area contributed by atoms with Gasteiger partial charge in [0.2, 0.25) is 0 Å². The Kier molecular flexibility index (Phi) is 5.02. The maximum Gasteiger partial charge on any atom is 0.179 e. The number of fused-ring (bicyclic) bond motifs is 1. The summed E-state index contributed by atoms with van der Waals surface area (Å²) in [6.45, 7) is 4.28. The van der Waals surface area contributed by atoms with E-state index in [0.29, 0.717) is 12.2 Å². The second-order valence-electron chi connectivity index (χ2n) is 6.66. The molecule has 0 saturated carbocycles. The number of ether oxygens (including phenoxy) is 1. The Bertz CT molecular complexity index is 931. The van der Waals surface area contributed by atoms with E-state index in [1.165, 1.54) is 0 Å². The van der Waals surface area contributed by atoms with E-state index >= 15 is 0 Å². The molecule has 4 rings (SSSR count). The third-order valence-electron chi connectivity index (χ3n) is 5.10. The minimum Gasteiger partial charge on any atom is -0.491 e. The Hall–Kier alpha value is -2.93. The Morgan fingerprint density at radius 1 is 1.22 bits per heavy atom. The molecule has 0 amide bonds. The summed E-state index contributed by atoms with van der Waals surface area (Å²) >= 11 is 0. The molecule has 7 heteroatoms. The molecule has 27 heavy (non-hydrogen) atoms. The van der Waals surface area contributed by atoms with Gasteiger partial charge < -0.3 is 14.6 Å². The van der Waals surface area contributed by atoms with Gasteiger partial charge >= 0.3 is 0 Å². The largest absolute Gasteiger partial charge is 0.491 e. The minimum atomic E-state index is 0.187. The highest BCUT2D eigenvalue weighted by Crippen LogP contribution is 2.25. The molecule has 2 aromatic heterocycles. The van der Waals surface area contributed by atoms with Crippen molar-refractivity contribution in [3.05, 3.63) is 48.5 Å². The van der Waals surface area contributed by atoms with E-state index in [1.807, 2.05) is 30.5 Å². The second-order valence-corrected chi connectivity index (χ2v) is 6.66. The maximum atomic E-state index is 12.6. The van der Waals surface area contributed by atoms with E-state index in [1.54, 1.807) is 19.6 Å². The zero-order valence-corrected chi connectivity index (χ0v) is 15.4. The lowest BCUT2D eigenvalue weighted by Gasteiger charge is -2.35. The van der Waals surface area contributed by atoms with Gasteiger partial charge in [0.05, 0.1) is 13.3 Å². The zero-order valence-electron chi connectivity index (χ0n) is 15.4. The first-order chi connectivity index (χ1) is 13.3. The number of aromatic amines is 1. The lowest BCUT2D eigenvalue weighted by molar-refractivity contribution is 0.0964. The maximum absolute atomic E-state index is 12.6. The first-order valence-corrected chi connectivity index (χ1v) is 9.17. The number of Topliss-reactive ketones (excluding diaryl/α,β-unsaturated/α-hetero) is 1. The molecule has 1 N–H and O–H groups in total. The Labute approximate surface area is 158 Å². The van der Waals surface area contributed by atoms with Crippen LogP contribution in [0.25, 0.3) is 10.9 Å². The number of hydrogen-bond acceptors (Lipinski definition) is 6. The Balaban J connectivity index is 1.32. The summed E-state index contributed by atoms with van der Waals surface area (Å²) < 4.78 is 5.35. The van der Waals surface area contributed by atoms with Crippen molar-refractivity contribution in [2.45, 2.75) is 6.42 Å². The van der Waals surface area contributed by atoms with Crippen LogP contribution in [-0.4, -0.2) is 65.5 Å². The third-order valence-corrected chi connectivity index (χ3v) is 5.10. The summed E-state index contributed by atoms with van der Waals surface area (Å²) in [6, 6.07) is 7.92. The van der Waals surface area contributed by atoms with Crippen LogP contribution in [0.15, 0.2) is 43.0 Å². The van der Waals surface area contributed by atoms with Crippen LogP contribution in [0, 0.1) is 0 Å². The molecule has 3 heterocycles. The average molecular weight is 365 g/mol. The molecule has 0 radical (unpaired) electrons. The molecule has 0 atom stereocenters. The predicted octanol–water partition coefficient (Wildman–Crippen LogP) is 2.36. The average Bonchev–Trinajstić information content (AvgIpc) is 3.17. The van der Waals surface area contributed by atoms with Crippen LogP contribution in [-0.2, 0) is 0 Å². The van der Waals surface area contributed by atoms with E-state index in [2.05, 4.69) is 24.8 Å². The van der Waals surface area contributed by atoms with Gasteiger partial charge in [-0.3, -0.25) is 9.69 Å². The smallest absolute Gasteiger partial charge is 0.179 e. The van der Waals surface area contributed by atoms with Gasteiger partial charge in [0.25, 0.3) is 0 Å². The molecule has 1 aromatic carbocycles. The quantitative estimate of drug-likeness (QED) is 0.676. The number of benzene rings is 1. The first kappa shape index (κ1) is 17.5. The van der Waals surface area contributed by atoms with Gasteiger partial charge in [0, 0.05) is 61.8 Å². The SMILES string of the molecule is COc1cncnc1N1CCN(CCC(=O)c2c[nH]c3ccccc23)CC1. The van der Waals surface area contributed by atoms with Crippen LogP contribution in [0.4, 0.5) is 5.82 Å². The monoisotopic (exact) mass is 365 g/mol. The van der Waals surface area contributed by atoms with Crippen molar-refractivity contribution in [3.63, 3.8) is 0 Å². The standard InChI is InChI=1S/C20H23N5O2/c1-27-19-13-21-14-23-20(19)25-10-8-24(9-11-25)7-6-18(26)16-12-22-17-5-3-2-4-15(16)17/h2-5,12-14,22H,6-11H2,1H3. The number of anilines is 1. The van der Waals surface area contributed by atoms with E-state index in [0.717, 1.165) is 55.0 Å². The van der Waals surface area contributed by atoms with Gasteiger partial charge in [-0.05, 0) is 6.07 Å². The highest BCUT2D eigenvalue weighted by atomic mass is 16.5. The molecule has 0 unspecified atom stereocenters. The fourth-order valence-corrected chi connectivity index (χ4v) is 3.57. The van der Waals surface area contributed by atoms with Crippen molar-refractivity contribution < 1.29 is 9.53 Å². The molecule has 3 aromatic rings. The molecule has 0 bridgehead atoms. The second kappa shape index (κ2) is 7.75.